The third-order valence-electron chi connectivity index (χ3n) is 5.20. The lowest BCUT2D eigenvalue weighted by Gasteiger charge is -2.35. The Hall–Kier alpha value is -1.26. The molecule has 3 rings (SSSR count). The molecule has 25 heavy (non-hydrogen) atoms. The number of rotatable bonds is 3. The lowest BCUT2D eigenvalue weighted by molar-refractivity contribution is -0.141. The molecular formula is C19H24Cl2N2O2. The summed E-state index contributed by atoms with van der Waals surface area (Å²) in [6.07, 6.45) is 5.32. The van der Waals surface area contributed by atoms with E-state index in [1.54, 1.807) is 12.1 Å². The minimum absolute atomic E-state index is 0.0760. The van der Waals surface area contributed by atoms with Gasteiger partial charge in [-0.3, -0.25) is 9.59 Å². The van der Waals surface area contributed by atoms with Gasteiger partial charge in [0.15, 0.2) is 0 Å². The number of nitrogens with zero attached hydrogens (tertiary/aromatic N) is 2. The first-order chi connectivity index (χ1) is 12.0. The molecule has 2 fully saturated rings. The van der Waals surface area contributed by atoms with Crippen LogP contribution in [0.15, 0.2) is 18.2 Å². The molecule has 1 aromatic rings. The second-order valence-corrected chi connectivity index (χ2v) is 7.78. The summed E-state index contributed by atoms with van der Waals surface area (Å²) in [5.41, 5.74) is 0.867. The highest BCUT2D eigenvalue weighted by molar-refractivity contribution is 6.42. The molecule has 0 spiro atoms. The zero-order valence-electron chi connectivity index (χ0n) is 14.3. The lowest BCUT2D eigenvalue weighted by Crippen LogP contribution is -2.46. The Kier molecular flexibility index (Phi) is 6.24. The van der Waals surface area contributed by atoms with Crippen molar-refractivity contribution in [3.63, 3.8) is 0 Å². The van der Waals surface area contributed by atoms with Crippen LogP contribution >= 0.6 is 23.2 Å². The first kappa shape index (κ1) is 18.5. The molecule has 0 aliphatic carbocycles. The van der Waals surface area contributed by atoms with Crippen LogP contribution in [0.4, 0.5) is 0 Å². The molecule has 2 saturated heterocycles. The van der Waals surface area contributed by atoms with Crippen LogP contribution in [0.3, 0.4) is 0 Å². The summed E-state index contributed by atoms with van der Waals surface area (Å²) in [5.74, 6) is 0.450. The Morgan fingerprint density at radius 2 is 1.60 bits per heavy atom. The molecule has 0 bridgehead atoms. The predicted octanol–water partition coefficient (Wildman–Crippen LogP) is 3.79. The van der Waals surface area contributed by atoms with Crippen molar-refractivity contribution in [1.29, 1.82) is 0 Å². The van der Waals surface area contributed by atoms with E-state index in [0.717, 1.165) is 44.3 Å². The van der Waals surface area contributed by atoms with Gasteiger partial charge in [0.05, 0.1) is 16.5 Å². The van der Waals surface area contributed by atoms with Gasteiger partial charge in [0.25, 0.3) is 0 Å². The standard InChI is InChI=1S/C19H24Cl2N2O2/c20-16-5-4-14(12-17(16)21)13-18(24)22-10-6-15(7-11-22)19(25)23-8-2-1-3-9-23/h4-5,12,15H,1-3,6-11,13H2. The minimum atomic E-state index is 0.0760. The van der Waals surface area contributed by atoms with Gasteiger partial charge in [-0.1, -0.05) is 29.3 Å². The lowest BCUT2D eigenvalue weighted by atomic mass is 9.94. The Labute approximate surface area is 159 Å². The highest BCUT2D eigenvalue weighted by atomic mass is 35.5. The van der Waals surface area contributed by atoms with Crippen molar-refractivity contribution in [2.75, 3.05) is 26.2 Å². The van der Waals surface area contributed by atoms with Gasteiger partial charge in [-0.25, -0.2) is 0 Å². The van der Waals surface area contributed by atoms with E-state index in [1.807, 2.05) is 15.9 Å². The second-order valence-electron chi connectivity index (χ2n) is 6.97. The summed E-state index contributed by atoms with van der Waals surface area (Å²) in [5, 5.41) is 0.965. The van der Waals surface area contributed by atoms with Gasteiger partial charge in [-0.15, -0.1) is 0 Å². The van der Waals surface area contributed by atoms with E-state index in [2.05, 4.69) is 0 Å². The average Bonchev–Trinajstić information content (AvgIpc) is 2.65. The molecule has 1 aromatic carbocycles. The van der Waals surface area contributed by atoms with E-state index in [1.165, 1.54) is 6.42 Å². The highest BCUT2D eigenvalue weighted by Gasteiger charge is 2.30. The van der Waals surface area contributed by atoms with Gasteiger partial charge >= 0.3 is 0 Å². The fourth-order valence-corrected chi connectivity index (χ4v) is 4.01. The molecular weight excluding hydrogens is 359 g/mol. The number of hydrogen-bond acceptors (Lipinski definition) is 2. The first-order valence-corrected chi connectivity index (χ1v) is 9.80. The van der Waals surface area contributed by atoms with Crippen molar-refractivity contribution in [2.45, 2.75) is 38.5 Å². The van der Waals surface area contributed by atoms with Gasteiger partial charge < -0.3 is 9.80 Å². The normalized spacial score (nSPS) is 19.1. The number of carbonyl (C=O) groups is 2. The zero-order chi connectivity index (χ0) is 17.8. The number of hydrogen-bond donors (Lipinski definition) is 0. The molecule has 0 aromatic heterocycles. The van der Waals surface area contributed by atoms with Crippen LogP contribution in [0, 0.1) is 5.92 Å². The third kappa shape index (κ3) is 4.68. The van der Waals surface area contributed by atoms with Crippen LogP contribution in [0.2, 0.25) is 10.0 Å². The van der Waals surface area contributed by atoms with E-state index in [9.17, 15) is 9.59 Å². The summed E-state index contributed by atoms with van der Waals surface area (Å²) in [6.45, 7) is 3.11. The van der Waals surface area contributed by atoms with Gasteiger partial charge in [0.2, 0.25) is 11.8 Å². The number of benzene rings is 1. The van der Waals surface area contributed by atoms with E-state index < -0.39 is 0 Å². The summed E-state index contributed by atoms with van der Waals surface area (Å²) in [4.78, 5) is 29.0. The molecule has 2 amide bonds. The zero-order valence-corrected chi connectivity index (χ0v) is 15.9. The van der Waals surface area contributed by atoms with E-state index in [0.29, 0.717) is 29.6 Å². The van der Waals surface area contributed by atoms with Crippen molar-refractivity contribution in [2.24, 2.45) is 5.92 Å². The van der Waals surface area contributed by atoms with Crippen LogP contribution in [0.25, 0.3) is 0 Å². The molecule has 0 atom stereocenters. The smallest absolute Gasteiger partial charge is 0.226 e. The highest BCUT2D eigenvalue weighted by Crippen LogP contribution is 2.25. The summed E-state index contributed by atoms with van der Waals surface area (Å²) < 4.78 is 0. The molecule has 2 aliphatic rings. The largest absolute Gasteiger partial charge is 0.342 e. The Morgan fingerprint density at radius 1 is 0.920 bits per heavy atom. The number of halogens is 2. The summed E-state index contributed by atoms with van der Waals surface area (Å²) >= 11 is 11.9. The second kappa shape index (κ2) is 8.41. The SMILES string of the molecule is O=C(Cc1ccc(Cl)c(Cl)c1)N1CCC(C(=O)N2CCCCC2)CC1. The number of likely N-dealkylation sites (tertiary alicyclic amines) is 2. The topological polar surface area (TPSA) is 40.6 Å². The maximum atomic E-state index is 12.6. The first-order valence-electron chi connectivity index (χ1n) is 9.05. The van der Waals surface area contributed by atoms with Crippen LogP contribution in [-0.4, -0.2) is 47.8 Å². The van der Waals surface area contributed by atoms with Crippen molar-refractivity contribution in [3.05, 3.63) is 33.8 Å². The average molecular weight is 383 g/mol. The third-order valence-corrected chi connectivity index (χ3v) is 5.94. The maximum Gasteiger partial charge on any atom is 0.226 e. The van der Waals surface area contributed by atoms with Crippen molar-refractivity contribution >= 4 is 35.0 Å². The van der Waals surface area contributed by atoms with E-state index in [-0.39, 0.29) is 17.7 Å². The molecule has 0 unspecified atom stereocenters. The molecule has 2 aliphatic heterocycles. The van der Waals surface area contributed by atoms with Crippen molar-refractivity contribution in [3.8, 4) is 0 Å². The Bertz CT molecular complexity index is 636. The van der Waals surface area contributed by atoms with E-state index in [4.69, 9.17) is 23.2 Å². The van der Waals surface area contributed by atoms with Gasteiger partial charge in [-0.05, 0) is 49.8 Å². The number of piperidine rings is 2. The molecule has 136 valence electrons. The summed E-state index contributed by atoms with van der Waals surface area (Å²) in [7, 11) is 0. The Balaban J connectivity index is 1.50. The van der Waals surface area contributed by atoms with E-state index >= 15 is 0 Å². The molecule has 0 radical (unpaired) electrons. The van der Waals surface area contributed by atoms with Crippen LogP contribution in [0.5, 0.6) is 0 Å². The molecule has 4 nitrogen and oxygen atoms in total. The van der Waals surface area contributed by atoms with Gasteiger partial charge in [-0.2, -0.15) is 0 Å². The summed E-state index contributed by atoms with van der Waals surface area (Å²) in [6, 6.07) is 5.29. The number of amides is 2. The van der Waals surface area contributed by atoms with Crippen LogP contribution in [-0.2, 0) is 16.0 Å². The van der Waals surface area contributed by atoms with Crippen molar-refractivity contribution in [1.82, 2.24) is 9.80 Å². The Morgan fingerprint density at radius 3 is 2.24 bits per heavy atom. The van der Waals surface area contributed by atoms with Gasteiger partial charge in [0, 0.05) is 32.1 Å². The van der Waals surface area contributed by atoms with Gasteiger partial charge in [0.1, 0.15) is 0 Å². The molecule has 0 N–H and O–H groups in total. The predicted molar refractivity (Wildman–Crippen MR) is 99.9 cm³/mol. The van der Waals surface area contributed by atoms with Crippen LogP contribution in [0.1, 0.15) is 37.7 Å². The van der Waals surface area contributed by atoms with Crippen molar-refractivity contribution < 1.29 is 9.59 Å². The monoisotopic (exact) mass is 382 g/mol. The molecule has 6 heteroatoms. The number of carbonyl (C=O) groups excluding carboxylic acids is 2. The molecule has 0 saturated carbocycles. The fraction of sp³-hybridized carbons (Fsp3) is 0.579. The fourth-order valence-electron chi connectivity index (χ4n) is 3.68. The maximum absolute atomic E-state index is 12.6. The molecule has 2 heterocycles. The van der Waals surface area contributed by atoms with Crippen LogP contribution < -0.4 is 0 Å². The minimum Gasteiger partial charge on any atom is -0.342 e. The quantitative estimate of drug-likeness (QED) is 0.797.